The fourth-order valence-corrected chi connectivity index (χ4v) is 4.81. The van der Waals surface area contributed by atoms with Crippen molar-refractivity contribution in [3.8, 4) is 0 Å². The molecular formula is C26H41NO6Si. The minimum Gasteiger partial charge on any atom is -0.478 e. The number of carbonyl (C=O) groups is 3. The molecule has 1 aliphatic rings. The number of ether oxygens (including phenoxy) is 1. The SMILES string of the molecule is CC=C(C=C(C)C=CCCC=C(C)C(=O)C1(C(N)=O)OC1C(C)O[Si](C)(C)C(C)(C)C)C(=O)O. The minimum absolute atomic E-state index is 0.0194. The summed E-state index contributed by atoms with van der Waals surface area (Å²) < 4.78 is 12.0. The molecule has 3 unspecified atom stereocenters. The van der Waals surface area contributed by atoms with E-state index in [1.54, 1.807) is 26.0 Å². The number of nitrogens with two attached hydrogens (primary N) is 1. The van der Waals surface area contributed by atoms with Gasteiger partial charge in [-0.05, 0) is 70.3 Å². The van der Waals surface area contributed by atoms with Crippen LogP contribution in [-0.4, -0.2) is 48.9 Å². The number of carboxylic acid groups (broad SMARTS) is 1. The highest BCUT2D eigenvalue weighted by molar-refractivity contribution is 6.74. The van der Waals surface area contributed by atoms with Crippen molar-refractivity contribution in [3.05, 3.63) is 47.1 Å². The Kier molecular flexibility index (Phi) is 9.99. The smallest absolute Gasteiger partial charge is 0.335 e. The van der Waals surface area contributed by atoms with Gasteiger partial charge in [-0.25, -0.2) is 4.79 Å². The monoisotopic (exact) mass is 491 g/mol. The summed E-state index contributed by atoms with van der Waals surface area (Å²) in [5.74, 6) is -2.19. The van der Waals surface area contributed by atoms with Crippen LogP contribution >= 0.6 is 0 Å². The molecule has 0 aromatic heterocycles. The fraction of sp³-hybridized carbons (Fsp3) is 0.577. The van der Waals surface area contributed by atoms with Crippen LogP contribution in [0.3, 0.4) is 0 Å². The van der Waals surface area contributed by atoms with E-state index >= 15 is 0 Å². The van der Waals surface area contributed by atoms with Crippen LogP contribution < -0.4 is 5.73 Å². The number of unbranched alkanes of at least 4 members (excludes halogenated alkanes) is 1. The highest BCUT2D eigenvalue weighted by Gasteiger charge is 2.69. The summed E-state index contributed by atoms with van der Waals surface area (Å²) in [5, 5.41) is 9.05. The van der Waals surface area contributed by atoms with Crippen LogP contribution in [0.25, 0.3) is 0 Å². The van der Waals surface area contributed by atoms with Gasteiger partial charge in [0.1, 0.15) is 6.10 Å². The van der Waals surface area contributed by atoms with Gasteiger partial charge in [0.05, 0.1) is 11.7 Å². The second-order valence-corrected chi connectivity index (χ2v) is 15.1. The Morgan fingerprint density at radius 2 is 1.79 bits per heavy atom. The largest absolute Gasteiger partial charge is 0.478 e. The summed E-state index contributed by atoms with van der Waals surface area (Å²) in [6.45, 7) is 17.6. The molecule has 0 saturated carbocycles. The maximum absolute atomic E-state index is 13.1. The number of primary amides is 1. The normalized spacial score (nSPS) is 23.2. The highest BCUT2D eigenvalue weighted by Crippen LogP contribution is 2.45. The van der Waals surface area contributed by atoms with E-state index in [9.17, 15) is 14.4 Å². The van der Waals surface area contributed by atoms with E-state index in [0.717, 1.165) is 5.57 Å². The maximum atomic E-state index is 13.1. The number of hydrogen-bond donors (Lipinski definition) is 2. The molecule has 1 saturated heterocycles. The van der Waals surface area contributed by atoms with Crippen molar-refractivity contribution < 1.29 is 28.7 Å². The Morgan fingerprint density at radius 3 is 2.26 bits per heavy atom. The van der Waals surface area contributed by atoms with Crippen molar-refractivity contribution in [1.29, 1.82) is 0 Å². The van der Waals surface area contributed by atoms with Gasteiger partial charge in [0, 0.05) is 0 Å². The average molecular weight is 492 g/mol. The number of aliphatic carboxylic acids is 1. The third-order valence-electron chi connectivity index (χ3n) is 6.54. The number of carboxylic acids is 1. The highest BCUT2D eigenvalue weighted by atomic mass is 28.4. The van der Waals surface area contributed by atoms with Crippen LogP contribution in [0.2, 0.25) is 18.1 Å². The lowest BCUT2D eigenvalue weighted by atomic mass is 9.91. The Bertz CT molecular complexity index is 922. The van der Waals surface area contributed by atoms with E-state index < -0.39 is 43.8 Å². The topological polar surface area (TPSA) is 119 Å². The zero-order chi connectivity index (χ0) is 26.5. The first kappa shape index (κ1) is 29.7. The standard InChI is InChI=1S/C26H41NO6Si/c1-10-20(23(29)30)16-17(2)14-12-11-13-15-18(3)21(28)26(24(27)31)22(32-26)19(4)33-34(8,9)25(5,6)7/h10,12,14-16,19,22H,11,13H2,1-9H3,(H2,27,31)(H,29,30). The van der Waals surface area contributed by atoms with Crippen LogP contribution in [0.15, 0.2) is 47.1 Å². The van der Waals surface area contributed by atoms with Crippen molar-refractivity contribution in [2.75, 3.05) is 0 Å². The lowest BCUT2D eigenvalue weighted by molar-refractivity contribution is -0.133. The summed E-state index contributed by atoms with van der Waals surface area (Å²) in [4.78, 5) is 36.4. The van der Waals surface area contributed by atoms with Crippen LogP contribution in [0.4, 0.5) is 0 Å². The summed E-state index contributed by atoms with van der Waals surface area (Å²) in [6, 6.07) is 0. The maximum Gasteiger partial charge on any atom is 0.335 e. The van der Waals surface area contributed by atoms with Gasteiger partial charge in [-0.2, -0.15) is 0 Å². The van der Waals surface area contributed by atoms with Crippen LogP contribution in [0.5, 0.6) is 0 Å². The Morgan fingerprint density at radius 1 is 1.21 bits per heavy atom. The van der Waals surface area contributed by atoms with E-state index in [1.807, 2.05) is 26.0 Å². The van der Waals surface area contributed by atoms with E-state index in [1.165, 1.54) is 6.08 Å². The lowest BCUT2D eigenvalue weighted by Gasteiger charge is -2.38. The molecule has 34 heavy (non-hydrogen) atoms. The Balaban J connectivity index is 2.82. The number of amides is 1. The molecule has 0 spiro atoms. The number of allylic oxidation sites excluding steroid dienone is 5. The van der Waals surface area contributed by atoms with Crippen LogP contribution in [0, 0.1) is 0 Å². The first-order valence-corrected chi connectivity index (χ1v) is 14.5. The molecule has 1 heterocycles. The lowest BCUT2D eigenvalue weighted by Crippen LogP contribution is -2.48. The third kappa shape index (κ3) is 7.10. The van der Waals surface area contributed by atoms with Crippen molar-refractivity contribution in [1.82, 2.24) is 0 Å². The van der Waals surface area contributed by atoms with E-state index in [2.05, 4.69) is 33.9 Å². The third-order valence-corrected chi connectivity index (χ3v) is 11.1. The summed E-state index contributed by atoms with van der Waals surface area (Å²) >= 11 is 0. The van der Waals surface area contributed by atoms with E-state index in [0.29, 0.717) is 18.4 Å². The zero-order valence-corrected chi connectivity index (χ0v) is 23.0. The summed E-state index contributed by atoms with van der Waals surface area (Å²) in [7, 11) is -2.12. The predicted octanol–water partition coefficient (Wildman–Crippen LogP) is 4.85. The van der Waals surface area contributed by atoms with Crippen molar-refractivity contribution in [3.63, 3.8) is 0 Å². The van der Waals surface area contributed by atoms with Gasteiger partial charge in [-0.3, -0.25) is 9.59 Å². The van der Waals surface area contributed by atoms with Gasteiger partial charge in [0.15, 0.2) is 8.32 Å². The molecule has 8 heteroatoms. The second-order valence-electron chi connectivity index (χ2n) is 10.4. The van der Waals surface area contributed by atoms with Gasteiger partial charge in [0.25, 0.3) is 5.91 Å². The number of carbonyl (C=O) groups excluding carboxylic acids is 2. The molecule has 3 N–H and O–H groups in total. The number of hydrogen-bond acceptors (Lipinski definition) is 5. The zero-order valence-electron chi connectivity index (χ0n) is 22.0. The van der Waals surface area contributed by atoms with Crippen LogP contribution in [-0.2, 0) is 23.5 Å². The van der Waals surface area contributed by atoms with E-state index in [4.69, 9.17) is 20.0 Å². The van der Waals surface area contributed by atoms with Crippen LogP contribution in [0.1, 0.15) is 61.3 Å². The molecule has 1 fully saturated rings. The number of ketones is 1. The summed E-state index contributed by atoms with van der Waals surface area (Å²) in [6.07, 6.45) is 8.73. The first-order chi connectivity index (χ1) is 15.5. The summed E-state index contributed by atoms with van der Waals surface area (Å²) in [5.41, 5.74) is 5.40. The molecule has 0 radical (unpaired) electrons. The molecule has 0 aliphatic carbocycles. The molecule has 3 atom stereocenters. The van der Waals surface area contributed by atoms with E-state index in [-0.39, 0.29) is 10.6 Å². The van der Waals surface area contributed by atoms with Crippen molar-refractivity contribution in [2.45, 2.75) is 97.2 Å². The van der Waals surface area contributed by atoms with Gasteiger partial charge >= 0.3 is 5.97 Å². The number of epoxide rings is 1. The minimum atomic E-state index is -2.12. The molecule has 190 valence electrons. The molecule has 7 nitrogen and oxygen atoms in total. The van der Waals surface area contributed by atoms with Gasteiger partial charge in [-0.15, -0.1) is 0 Å². The van der Waals surface area contributed by atoms with Crippen molar-refractivity contribution in [2.24, 2.45) is 5.73 Å². The molecule has 1 amide bonds. The molecule has 0 aromatic carbocycles. The van der Waals surface area contributed by atoms with Gasteiger partial charge in [-0.1, -0.05) is 50.6 Å². The fourth-order valence-electron chi connectivity index (χ4n) is 3.40. The van der Waals surface area contributed by atoms with Gasteiger partial charge < -0.3 is 20.0 Å². The average Bonchev–Trinajstić information content (AvgIpc) is 3.47. The molecular weight excluding hydrogens is 450 g/mol. The number of Topliss-reactive ketones (excluding diaryl/α,β-unsaturated/α-hetero) is 1. The second kappa shape index (κ2) is 11.4. The molecule has 0 aromatic rings. The quantitative estimate of drug-likeness (QED) is 0.101. The molecule has 1 rings (SSSR count). The van der Waals surface area contributed by atoms with Gasteiger partial charge in [0.2, 0.25) is 11.4 Å². The predicted molar refractivity (Wildman–Crippen MR) is 137 cm³/mol. The Labute approximate surface area is 204 Å². The number of rotatable bonds is 12. The first-order valence-electron chi connectivity index (χ1n) is 11.6. The van der Waals surface area contributed by atoms with Crippen molar-refractivity contribution >= 4 is 26.0 Å². The molecule has 0 bridgehead atoms. The molecule has 1 aliphatic heterocycles. The Hall–Kier alpha value is -2.29.